The maximum absolute atomic E-state index is 13.9. The minimum absolute atomic E-state index is 0.0867. The van der Waals surface area contributed by atoms with E-state index in [1.807, 2.05) is 0 Å². The van der Waals surface area contributed by atoms with Crippen LogP contribution in [0.25, 0.3) is 0 Å². The molecule has 0 aliphatic carbocycles. The summed E-state index contributed by atoms with van der Waals surface area (Å²) in [5.74, 6) is -3.56. The first kappa shape index (κ1) is 18.4. The number of nitrogens with zero attached hydrogens (tertiary/aromatic N) is 1. The molecule has 4 nitrogen and oxygen atoms in total. The molecular weight excluding hydrogens is 338 g/mol. The molecule has 0 fully saturated rings. The maximum atomic E-state index is 13.9. The van der Waals surface area contributed by atoms with E-state index in [9.17, 15) is 22.4 Å². The number of benzene rings is 2. The van der Waals surface area contributed by atoms with E-state index in [1.165, 1.54) is 30.3 Å². The molecule has 0 saturated carbocycles. The zero-order chi connectivity index (χ0) is 18.6. The predicted octanol–water partition coefficient (Wildman–Crippen LogP) is 2.97. The lowest BCUT2D eigenvalue weighted by Gasteiger charge is -2.19. The number of aliphatic imine (C=N–C) groups is 1. The van der Waals surface area contributed by atoms with Crippen molar-refractivity contribution in [2.45, 2.75) is 18.5 Å². The van der Waals surface area contributed by atoms with Gasteiger partial charge < -0.3 is 11.5 Å². The fourth-order valence-electron chi connectivity index (χ4n) is 2.48. The van der Waals surface area contributed by atoms with Gasteiger partial charge in [-0.15, -0.1) is 0 Å². The highest BCUT2D eigenvalue weighted by molar-refractivity contribution is 5.95. The summed E-state index contributed by atoms with van der Waals surface area (Å²) in [6.45, 7) is 0. The molecule has 0 saturated heterocycles. The minimum atomic E-state index is -4.68. The normalized spacial score (nSPS) is 12.5. The van der Waals surface area contributed by atoms with Crippen LogP contribution in [0, 0.1) is 5.82 Å². The fraction of sp³-hybridized carbons (Fsp3) is 0.176. The van der Waals surface area contributed by atoms with E-state index in [1.54, 1.807) is 0 Å². The summed E-state index contributed by atoms with van der Waals surface area (Å²) in [4.78, 5) is 15.7. The van der Waals surface area contributed by atoms with Gasteiger partial charge in [0.05, 0.1) is 11.5 Å². The number of hydrogen-bond donors (Lipinski definition) is 2. The molecule has 0 aliphatic heterocycles. The Morgan fingerprint density at radius 1 is 1.04 bits per heavy atom. The van der Waals surface area contributed by atoms with Crippen LogP contribution in [0.2, 0.25) is 0 Å². The van der Waals surface area contributed by atoms with Crippen LogP contribution in [0.4, 0.5) is 17.6 Å². The lowest BCUT2D eigenvalue weighted by atomic mass is 9.87. The van der Waals surface area contributed by atoms with Crippen LogP contribution in [-0.4, -0.2) is 11.9 Å². The van der Waals surface area contributed by atoms with E-state index in [-0.39, 0.29) is 17.5 Å². The Morgan fingerprint density at radius 3 is 2.24 bits per heavy atom. The van der Waals surface area contributed by atoms with E-state index in [2.05, 4.69) is 4.99 Å². The first-order chi connectivity index (χ1) is 11.7. The van der Waals surface area contributed by atoms with Crippen molar-refractivity contribution in [3.63, 3.8) is 0 Å². The Labute approximate surface area is 141 Å². The maximum Gasteiger partial charge on any atom is 0.416 e. The van der Waals surface area contributed by atoms with Gasteiger partial charge in [0.15, 0.2) is 5.96 Å². The van der Waals surface area contributed by atoms with E-state index in [0.29, 0.717) is 0 Å². The molecule has 25 heavy (non-hydrogen) atoms. The molecule has 1 amide bonds. The average molecular weight is 353 g/mol. The van der Waals surface area contributed by atoms with Crippen molar-refractivity contribution in [1.82, 2.24) is 0 Å². The average Bonchev–Trinajstić information content (AvgIpc) is 2.52. The van der Waals surface area contributed by atoms with Gasteiger partial charge in [-0.3, -0.25) is 4.79 Å². The van der Waals surface area contributed by atoms with Crippen LogP contribution in [0.1, 0.15) is 22.6 Å². The van der Waals surface area contributed by atoms with Crippen molar-refractivity contribution in [2.75, 3.05) is 0 Å². The van der Waals surface area contributed by atoms with Gasteiger partial charge >= 0.3 is 6.18 Å². The fourth-order valence-corrected chi connectivity index (χ4v) is 2.48. The highest BCUT2D eigenvalue weighted by Gasteiger charge is 2.37. The lowest BCUT2D eigenvalue weighted by molar-refractivity contribution is -0.138. The molecule has 1 atom stereocenters. The zero-order valence-electron chi connectivity index (χ0n) is 12.9. The number of alkyl halides is 3. The molecule has 0 aliphatic rings. The highest BCUT2D eigenvalue weighted by atomic mass is 19.4. The van der Waals surface area contributed by atoms with Gasteiger partial charge in [0.1, 0.15) is 5.82 Å². The van der Waals surface area contributed by atoms with E-state index < -0.39 is 35.3 Å². The molecule has 0 unspecified atom stereocenters. The summed E-state index contributed by atoms with van der Waals surface area (Å²) in [5, 5.41) is 0. The summed E-state index contributed by atoms with van der Waals surface area (Å²) in [6.07, 6.45) is -4.99. The number of rotatable bonds is 4. The molecule has 2 rings (SSSR count). The molecule has 0 heterocycles. The third-order valence-electron chi connectivity index (χ3n) is 3.56. The summed E-state index contributed by atoms with van der Waals surface area (Å²) < 4.78 is 53.8. The van der Waals surface area contributed by atoms with Crippen molar-refractivity contribution in [3.05, 3.63) is 71.0 Å². The molecule has 0 spiro atoms. The number of nitrogens with two attached hydrogens (primary N) is 2. The van der Waals surface area contributed by atoms with Crippen LogP contribution >= 0.6 is 0 Å². The Balaban J connectivity index is 2.55. The SMILES string of the molecule is NC(N)=NC(=O)[C@@H](Cc1ccccc1F)c1ccccc1C(F)(F)F. The summed E-state index contributed by atoms with van der Waals surface area (Å²) in [7, 11) is 0. The van der Waals surface area contributed by atoms with Gasteiger partial charge in [-0.1, -0.05) is 36.4 Å². The van der Waals surface area contributed by atoms with Crippen molar-refractivity contribution in [3.8, 4) is 0 Å². The molecule has 2 aromatic rings. The van der Waals surface area contributed by atoms with Crippen LogP contribution in [-0.2, 0) is 17.4 Å². The number of guanidine groups is 1. The van der Waals surface area contributed by atoms with Crippen LogP contribution < -0.4 is 11.5 Å². The van der Waals surface area contributed by atoms with Crippen molar-refractivity contribution >= 4 is 11.9 Å². The number of carbonyl (C=O) groups excluding carboxylic acids is 1. The minimum Gasteiger partial charge on any atom is -0.370 e. The van der Waals surface area contributed by atoms with E-state index in [0.717, 1.165) is 18.2 Å². The van der Waals surface area contributed by atoms with E-state index in [4.69, 9.17) is 11.5 Å². The second kappa shape index (κ2) is 7.33. The molecule has 2 aromatic carbocycles. The first-order valence-corrected chi connectivity index (χ1v) is 7.23. The summed E-state index contributed by atoms with van der Waals surface area (Å²) >= 11 is 0. The Bertz CT molecular complexity index is 798. The number of halogens is 4. The third kappa shape index (κ3) is 4.56. The predicted molar refractivity (Wildman–Crippen MR) is 85.1 cm³/mol. The molecule has 132 valence electrons. The lowest BCUT2D eigenvalue weighted by Crippen LogP contribution is -2.27. The van der Waals surface area contributed by atoms with Crippen molar-refractivity contribution in [1.29, 1.82) is 0 Å². The summed E-state index contributed by atoms with van der Waals surface area (Å²) in [6, 6.07) is 10.1. The van der Waals surface area contributed by atoms with Crippen LogP contribution in [0.15, 0.2) is 53.5 Å². The number of carbonyl (C=O) groups is 1. The van der Waals surface area contributed by atoms with Gasteiger partial charge in [0.2, 0.25) is 0 Å². The molecule has 0 aromatic heterocycles. The van der Waals surface area contributed by atoms with Gasteiger partial charge in [-0.25, -0.2) is 4.39 Å². The largest absolute Gasteiger partial charge is 0.416 e. The number of hydrogen-bond acceptors (Lipinski definition) is 1. The zero-order valence-corrected chi connectivity index (χ0v) is 12.9. The molecule has 8 heteroatoms. The highest BCUT2D eigenvalue weighted by Crippen LogP contribution is 2.37. The Kier molecular flexibility index (Phi) is 5.41. The molecular formula is C17H15F4N3O. The quantitative estimate of drug-likeness (QED) is 0.504. The standard InChI is InChI=1S/C17H15F4N3O/c18-14-8-4-1-5-10(14)9-12(15(25)24-16(22)23)11-6-2-3-7-13(11)17(19,20)21/h1-8,12H,9H2,(H4,22,23,24,25)/t12-/m0/s1. The van der Waals surface area contributed by atoms with Crippen molar-refractivity contribution < 1.29 is 22.4 Å². The van der Waals surface area contributed by atoms with Gasteiger partial charge in [-0.05, 0) is 29.7 Å². The second-order valence-electron chi connectivity index (χ2n) is 5.31. The second-order valence-corrected chi connectivity index (χ2v) is 5.31. The first-order valence-electron chi connectivity index (χ1n) is 7.23. The Morgan fingerprint density at radius 2 is 1.64 bits per heavy atom. The third-order valence-corrected chi connectivity index (χ3v) is 3.56. The van der Waals surface area contributed by atoms with Crippen LogP contribution in [0.3, 0.4) is 0 Å². The Hall–Kier alpha value is -2.90. The van der Waals surface area contributed by atoms with Crippen LogP contribution in [0.5, 0.6) is 0 Å². The van der Waals surface area contributed by atoms with Gasteiger partial charge in [0, 0.05) is 0 Å². The monoisotopic (exact) mass is 353 g/mol. The molecule has 0 radical (unpaired) electrons. The summed E-state index contributed by atoms with van der Waals surface area (Å²) in [5.41, 5.74) is 9.12. The topological polar surface area (TPSA) is 81.5 Å². The molecule has 0 bridgehead atoms. The number of amides is 1. The van der Waals surface area contributed by atoms with E-state index >= 15 is 0 Å². The van der Waals surface area contributed by atoms with Gasteiger partial charge in [-0.2, -0.15) is 18.2 Å². The smallest absolute Gasteiger partial charge is 0.370 e. The van der Waals surface area contributed by atoms with Crippen molar-refractivity contribution in [2.24, 2.45) is 16.5 Å². The van der Waals surface area contributed by atoms with Gasteiger partial charge in [0.25, 0.3) is 5.91 Å². The molecule has 4 N–H and O–H groups in total.